The average molecular weight is 458 g/mol. The van der Waals surface area contributed by atoms with Gasteiger partial charge in [0.15, 0.2) is 10.7 Å². The highest BCUT2D eigenvalue weighted by Gasteiger charge is 2.12. The van der Waals surface area contributed by atoms with Crippen molar-refractivity contribution < 1.29 is 9.21 Å². The lowest BCUT2D eigenvalue weighted by Crippen LogP contribution is -2.34. The zero-order valence-corrected chi connectivity index (χ0v) is 20.0. The Labute approximate surface area is 199 Å². The van der Waals surface area contributed by atoms with E-state index in [1.807, 2.05) is 54.6 Å². The number of benzene rings is 3. The minimum absolute atomic E-state index is 0.226. The van der Waals surface area contributed by atoms with Gasteiger partial charge in [0, 0.05) is 16.8 Å². The molecule has 2 N–H and O–H groups in total. The summed E-state index contributed by atoms with van der Waals surface area (Å²) in [6.45, 7) is 8.54. The lowest BCUT2D eigenvalue weighted by Gasteiger charge is -2.11. The van der Waals surface area contributed by atoms with Crippen LogP contribution in [0.5, 0.6) is 0 Å². The second-order valence-electron chi connectivity index (χ2n) is 8.67. The first kappa shape index (κ1) is 22.7. The molecule has 33 heavy (non-hydrogen) atoms. The molecule has 0 aliphatic heterocycles. The number of oxazole rings is 1. The Hall–Kier alpha value is -3.51. The molecule has 0 saturated carbocycles. The molecule has 168 valence electrons. The normalized spacial score (nSPS) is 11.2. The highest BCUT2D eigenvalue weighted by atomic mass is 32.1. The summed E-state index contributed by atoms with van der Waals surface area (Å²) < 4.78 is 5.96. The van der Waals surface area contributed by atoms with Gasteiger partial charge in [-0.25, -0.2) is 4.98 Å². The Morgan fingerprint density at radius 1 is 0.909 bits per heavy atom. The highest BCUT2D eigenvalue weighted by Crippen LogP contribution is 2.28. The summed E-state index contributed by atoms with van der Waals surface area (Å²) in [5.74, 6) is 1.12. The van der Waals surface area contributed by atoms with E-state index in [0.717, 1.165) is 22.4 Å². The van der Waals surface area contributed by atoms with Gasteiger partial charge in [0.2, 0.25) is 5.89 Å². The van der Waals surface area contributed by atoms with Crippen molar-refractivity contribution in [1.82, 2.24) is 10.3 Å². The zero-order valence-electron chi connectivity index (χ0n) is 19.2. The van der Waals surface area contributed by atoms with Crippen LogP contribution in [0.15, 0.2) is 71.1 Å². The van der Waals surface area contributed by atoms with Crippen molar-refractivity contribution in [2.75, 3.05) is 5.32 Å². The fourth-order valence-corrected chi connectivity index (χ4v) is 3.72. The van der Waals surface area contributed by atoms with Gasteiger partial charge in [-0.05, 0) is 77.6 Å². The molecule has 0 fully saturated rings. The van der Waals surface area contributed by atoms with Crippen molar-refractivity contribution in [3.63, 3.8) is 0 Å². The molecule has 0 unspecified atom stereocenters. The van der Waals surface area contributed by atoms with Crippen LogP contribution in [0.1, 0.15) is 61.0 Å². The van der Waals surface area contributed by atoms with Gasteiger partial charge in [-0.3, -0.25) is 10.1 Å². The van der Waals surface area contributed by atoms with Crippen LogP contribution in [0.3, 0.4) is 0 Å². The van der Waals surface area contributed by atoms with Crippen LogP contribution in [-0.2, 0) is 0 Å². The summed E-state index contributed by atoms with van der Waals surface area (Å²) in [5, 5.41) is 6.03. The number of amides is 1. The predicted octanol–water partition coefficient (Wildman–Crippen LogP) is 6.87. The smallest absolute Gasteiger partial charge is 0.257 e. The average Bonchev–Trinajstić information content (AvgIpc) is 3.22. The minimum atomic E-state index is -0.251. The number of rotatable bonds is 5. The van der Waals surface area contributed by atoms with E-state index in [0.29, 0.717) is 23.3 Å². The standard InChI is InChI=1S/C27H27N3O2S/c1-16(2)18-8-10-19(11-9-18)25(31)30-27(33)28-22-7-5-6-21(14-22)26-29-23-15-20(17(3)4)12-13-24(23)32-26/h5-17H,1-4H3,(H2,28,30,31,33). The highest BCUT2D eigenvalue weighted by molar-refractivity contribution is 7.80. The summed E-state index contributed by atoms with van der Waals surface area (Å²) in [6, 6.07) is 21.2. The van der Waals surface area contributed by atoms with Crippen LogP contribution in [-0.4, -0.2) is 16.0 Å². The van der Waals surface area contributed by atoms with Crippen LogP contribution in [0, 0.1) is 0 Å². The second-order valence-corrected chi connectivity index (χ2v) is 9.07. The van der Waals surface area contributed by atoms with E-state index in [4.69, 9.17) is 16.6 Å². The molecule has 0 spiro atoms. The largest absolute Gasteiger partial charge is 0.436 e. The first-order chi connectivity index (χ1) is 15.8. The Kier molecular flexibility index (Phi) is 6.56. The van der Waals surface area contributed by atoms with Gasteiger partial charge in [0.25, 0.3) is 5.91 Å². The maximum Gasteiger partial charge on any atom is 0.257 e. The van der Waals surface area contributed by atoms with E-state index in [2.05, 4.69) is 55.4 Å². The molecule has 6 heteroatoms. The van der Waals surface area contributed by atoms with Crippen molar-refractivity contribution in [2.24, 2.45) is 0 Å². The van der Waals surface area contributed by atoms with Gasteiger partial charge in [-0.15, -0.1) is 0 Å². The Morgan fingerprint density at radius 2 is 1.61 bits per heavy atom. The van der Waals surface area contributed by atoms with Crippen LogP contribution in [0.25, 0.3) is 22.6 Å². The van der Waals surface area contributed by atoms with Crippen molar-refractivity contribution in [3.05, 3.63) is 83.4 Å². The van der Waals surface area contributed by atoms with Crippen LogP contribution < -0.4 is 10.6 Å². The summed E-state index contributed by atoms with van der Waals surface area (Å²) in [4.78, 5) is 17.2. The quantitative estimate of drug-likeness (QED) is 0.320. The van der Waals surface area contributed by atoms with Crippen molar-refractivity contribution >= 4 is 40.0 Å². The van der Waals surface area contributed by atoms with Gasteiger partial charge in [0.05, 0.1) is 0 Å². The van der Waals surface area contributed by atoms with Crippen molar-refractivity contribution in [3.8, 4) is 11.5 Å². The molecule has 0 saturated heterocycles. The maximum atomic E-state index is 12.5. The number of fused-ring (bicyclic) bond motifs is 1. The molecule has 0 aliphatic carbocycles. The van der Waals surface area contributed by atoms with E-state index < -0.39 is 0 Å². The first-order valence-corrected chi connectivity index (χ1v) is 11.4. The topological polar surface area (TPSA) is 67.2 Å². The molecule has 5 nitrogen and oxygen atoms in total. The zero-order chi connectivity index (χ0) is 23.5. The molecule has 1 amide bonds. The number of aromatic nitrogens is 1. The molecule has 0 radical (unpaired) electrons. The van der Waals surface area contributed by atoms with Gasteiger partial charge >= 0.3 is 0 Å². The van der Waals surface area contributed by atoms with Crippen molar-refractivity contribution in [2.45, 2.75) is 39.5 Å². The second kappa shape index (κ2) is 9.55. The molecule has 0 atom stereocenters. The molecule has 3 aromatic carbocycles. The number of nitrogens with one attached hydrogen (secondary N) is 2. The molecular weight excluding hydrogens is 430 g/mol. The Bertz CT molecular complexity index is 1310. The summed E-state index contributed by atoms with van der Waals surface area (Å²) in [6.07, 6.45) is 0. The lowest BCUT2D eigenvalue weighted by molar-refractivity contribution is 0.0977. The number of carbonyl (C=O) groups excluding carboxylic acids is 1. The van der Waals surface area contributed by atoms with Crippen LogP contribution in [0.2, 0.25) is 0 Å². The first-order valence-electron chi connectivity index (χ1n) is 11.0. The lowest BCUT2D eigenvalue weighted by atomic mass is 10.0. The number of anilines is 1. The molecule has 0 aliphatic rings. The summed E-state index contributed by atoms with van der Waals surface area (Å²) >= 11 is 5.35. The third-order valence-corrected chi connectivity index (χ3v) is 5.72. The summed E-state index contributed by atoms with van der Waals surface area (Å²) in [7, 11) is 0. The number of hydrogen-bond donors (Lipinski definition) is 2. The molecule has 0 bridgehead atoms. The number of nitrogens with zero attached hydrogens (tertiary/aromatic N) is 1. The molecular formula is C27H27N3O2S. The predicted molar refractivity (Wildman–Crippen MR) is 138 cm³/mol. The maximum absolute atomic E-state index is 12.5. The summed E-state index contributed by atoms with van der Waals surface area (Å²) in [5.41, 5.74) is 6.10. The van der Waals surface area contributed by atoms with E-state index in [9.17, 15) is 4.79 Å². The molecule has 1 aromatic heterocycles. The number of hydrogen-bond acceptors (Lipinski definition) is 4. The fraction of sp³-hybridized carbons (Fsp3) is 0.222. The van der Waals surface area contributed by atoms with Gasteiger partial charge < -0.3 is 9.73 Å². The Balaban J connectivity index is 1.46. The Morgan fingerprint density at radius 3 is 2.30 bits per heavy atom. The fourth-order valence-electron chi connectivity index (χ4n) is 3.51. The van der Waals surface area contributed by atoms with E-state index in [1.165, 1.54) is 11.1 Å². The monoisotopic (exact) mass is 457 g/mol. The SMILES string of the molecule is CC(C)c1ccc(C(=O)NC(=S)Nc2cccc(-c3nc4cc(C(C)C)ccc4o3)c2)cc1. The van der Waals surface area contributed by atoms with E-state index in [1.54, 1.807) is 0 Å². The third-order valence-electron chi connectivity index (χ3n) is 5.51. The molecule has 4 aromatic rings. The van der Waals surface area contributed by atoms with Crippen LogP contribution in [0.4, 0.5) is 5.69 Å². The molecule has 1 heterocycles. The van der Waals surface area contributed by atoms with Crippen LogP contribution >= 0.6 is 12.2 Å². The van der Waals surface area contributed by atoms with Gasteiger partial charge in [0.1, 0.15) is 5.52 Å². The number of thiocarbonyl (C=S) groups is 1. The third kappa shape index (κ3) is 5.29. The molecule has 4 rings (SSSR count). The van der Waals surface area contributed by atoms with Gasteiger partial charge in [-0.2, -0.15) is 0 Å². The van der Waals surface area contributed by atoms with E-state index >= 15 is 0 Å². The van der Waals surface area contributed by atoms with E-state index in [-0.39, 0.29) is 11.0 Å². The van der Waals surface area contributed by atoms with Crippen molar-refractivity contribution in [1.29, 1.82) is 0 Å². The minimum Gasteiger partial charge on any atom is -0.436 e. The van der Waals surface area contributed by atoms with Gasteiger partial charge in [-0.1, -0.05) is 52.0 Å². The number of carbonyl (C=O) groups is 1.